The van der Waals surface area contributed by atoms with Crippen molar-refractivity contribution in [3.63, 3.8) is 0 Å². The molecule has 1 rings (SSSR count). The fourth-order valence-corrected chi connectivity index (χ4v) is 1.30. The van der Waals surface area contributed by atoms with E-state index in [1.807, 2.05) is 6.92 Å². The number of benzene rings is 1. The molecule has 0 bridgehead atoms. The topological polar surface area (TPSA) is 26.3 Å². The highest BCUT2D eigenvalue weighted by atomic mass is 79.9. The Kier molecular flexibility index (Phi) is 4.07. The van der Waals surface area contributed by atoms with E-state index in [4.69, 9.17) is 4.74 Å². The minimum absolute atomic E-state index is 0.0344. The maximum absolute atomic E-state index is 13.3. The van der Waals surface area contributed by atoms with Crippen molar-refractivity contribution >= 4 is 21.9 Å². The molecule has 0 amide bonds. The van der Waals surface area contributed by atoms with E-state index in [0.29, 0.717) is 6.61 Å². The van der Waals surface area contributed by atoms with E-state index in [1.54, 1.807) is 6.07 Å². The number of hydrogen-bond donors (Lipinski definition) is 0. The van der Waals surface area contributed by atoms with Gasteiger partial charge in [-0.15, -0.1) is 0 Å². The van der Waals surface area contributed by atoms with Crippen LogP contribution in [0.15, 0.2) is 22.7 Å². The lowest BCUT2D eigenvalue weighted by atomic mass is 10.2. The average Bonchev–Trinajstić information content (AvgIpc) is 2.18. The Morgan fingerprint density at radius 2 is 2.29 bits per heavy atom. The predicted octanol–water partition coefficient (Wildman–Crippen LogP) is 3.16. The molecular formula is C10H10BrFO2. The van der Waals surface area contributed by atoms with E-state index in [2.05, 4.69) is 15.9 Å². The lowest BCUT2D eigenvalue weighted by Crippen LogP contribution is -2.08. The zero-order chi connectivity index (χ0) is 10.6. The summed E-state index contributed by atoms with van der Waals surface area (Å²) in [6.07, 6.45) is 0.724. The fourth-order valence-electron chi connectivity index (χ4n) is 0.934. The normalized spacial score (nSPS) is 9.93. The second-order valence-electron chi connectivity index (χ2n) is 2.74. The molecule has 1 aromatic rings. The summed E-state index contributed by atoms with van der Waals surface area (Å²) in [7, 11) is 0. The highest BCUT2D eigenvalue weighted by molar-refractivity contribution is 9.10. The van der Waals surface area contributed by atoms with Gasteiger partial charge in [-0.3, -0.25) is 0 Å². The van der Waals surface area contributed by atoms with Gasteiger partial charge in [-0.25, -0.2) is 9.18 Å². The molecule has 76 valence electrons. The number of halogens is 2. The Balaban J connectivity index is 2.84. The molecule has 0 aliphatic rings. The van der Waals surface area contributed by atoms with Crippen molar-refractivity contribution < 1.29 is 13.9 Å². The molecule has 0 N–H and O–H groups in total. The minimum Gasteiger partial charge on any atom is -0.462 e. The summed E-state index contributed by atoms with van der Waals surface area (Å²) in [5.74, 6) is -1.20. The van der Waals surface area contributed by atoms with Gasteiger partial charge in [0, 0.05) is 0 Å². The van der Waals surface area contributed by atoms with Crippen LogP contribution in [0.5, 0.6) is 0 Å². The van der Waals surface area contributed by atoms with Gasteiger partial charge in [0.25, 0.3) is 0 Å². The molecule has 0 aliphatic carbocycles. The van der Waals surface area contributed by atoms with Gasteiger partial charge in [0.2, 0.25) is 0 Å². The summed E-state index contributed by atoms with van der Waals surface area (Å²) in [5, 5.41) is 0. The summed E-state index contributed by atoms with van der Waals surface area (Å²) in [6.45, 7) is 2.19. The van der Waals surface area contributed by atoms with Crippen LogP contribution < -0.4 is 0 Å². The van der Waals surface area contributed by atoms with Gasteiger partial charge in [-0.2, -0.15) is 0 Å². The Bertz CT molecular complexity index is 339. The van der Waals surface area contributed by atoms with Crippen molar-refractivity contribution in [2.75, 3.05) is 6.61 Å². The third-order valence-corrected chi connectivity index (χ3v) is 2.22. The van der Waals surface area contributed by atoms with Gasteiger partial charge in [0.15, 0.2) is 5.82 Å². The van der Waals surface area contributed by atoms with Crippen molar-refractivity contribution in [1.29, 1.82) is 0 Å². The van der Waals surface area contributed by atoms with Crippen molar-refractivity contribution in [2.45, 2.75) is 13.3 Å². The molecule has 0 heterocycles. The summed E-state index contributed by atoms with van der Waals surface area (Å²) < 4.78 is 18.4. The van der Waals surface area contributed by atoms with Crippen LogP contribution in [0.3, 0.4) is 0 Å². The number of hydrogen-bond acceptors (Lipinski definition) is 2. The molecule has 0 saturated heterocycles. The monoisotopic (exact) mass is 260 g/mol. The van der Waals surface area contributed by atoms with Crippen molar-refractivity contribution in [2.24, 2.45) is 0 Å². The van der Waals surface area contributed by atoms with Gasteiger partial charge < -0.3 is 4.74 Å². The Morgan fingerprint density at radius 1 is 1.57 bits per heavy atom. The van der Waals surface area contributed by atoms with E-state index in [9.17, 15) is 9.18 Å². The maximum atomic E-state index is 13.3. The number of rotatable bonds is 3. The zero-order valence-corrected chi connectivity index (χ0v) is 9.30. The van der Waals surface area contributed by atoms with E-state index >= 15 is 0 Å². The van der Waals surface area contributed by atoms with Crippen LogP contribution >= 0.6 is 15.9 Å². The molecule has 2 nitrogen and oxygen atoms in total. The van der Waals surface area contributed by atoms with Crippen molar-refractivity contribution in [1.82, 2.24) is 0 Å². The molecule has 0 spiro atoms. The van der Waals surface area contributed by atoms with E-state index in [-0.39, 0.29) is 10.0 Å². The Labute approximate surface area is 90.2 Å². The fraction of sp³-hybridized carbons (Fsp3) is 0.300. The molecule has 0 atom stereocenters. The largest absolute Gasteiger partial charge is 0.462 e. The van der Waals surface area contributed by atoms with Crippen molar-refractivity contribution in [3.8, 4) is 0 Å². The quantitative estimate of drug-likeness (QED) is 0.781. The van der Waals surface area contributed by atoms with E-state index in [0.717, 1.165) is 6.42 Å². The molecule has 0 aromatic heterocycles. The van der Waals surface area contributed by atoms with Crippen LogP contribution in [-0.2, 0) is 4.74 Å². The first-order valence-electron chi connectivity index (χ1n) is 4.28. The first kappa shape index (κ1) is 11.2. The Hall–Kier alpha value is -0.900. The van der Waals surface area contributed by atoms with Crippen LogP contribution in [0.25, 0.3) is 0 Å². The number of carbonyl (C=O) groups is 1. The molecule has 0 unspecified atom stereocenters. The van der Waals surface area contributed by atoms with Gasteiger partial charge in [0.05, 0.1) is 16.6 Å². The molecule has 4 heteroatoms. The number of esters is 1. The minimum atomic E-state index is -0.620. The average molecular weight is 261 g/mol. The smallest absolute Gasteiger partial charge is 0.341 e. The third-order valence-electron chi connectivity index (χ3n) is 1.61. The summed E-state index contributed by atoms with van der Waals surface area (Å²) in [5.41, 5.74) is -0.0344. The SMILES string of the molecule is CCCOC(=O)c1cccc(Br)c1F. The number of ether oxygens (including phenoxy) is 1. The maximum Gasteiger partial charge on any atom is 0.341 e. The molecule has 0 radical (unpaired) electrons. The predicted molar refractivity (Wildman–Crippen MR) is 54.7 cm³/mol. The van der Waals surface area contributed by atoms with Gasteiger partial charge in [-0.05, 0) is 34.5 Å². The van der Waals surface area contributed by atoms with Gasteiger partial charge in [-0.1, -0.05) is 13.0 Å². The molecular weight excluding hydrogens is 251 g/mol. The van der Waals surface area contributed by atoms with E-state index in [1.165, 1.54) is 12.1 Å². The third kappa shape index (κ3) is 2.54. The molecule has 14 heavy (non-hydrogen) atoms. The molecule has 0 aliphatic heterocycles. The number of carbonyl (C=O) groups excluding carboxylic acids is 1. The molecule has 1 aromatic carbocycles. The van der Waals surface area contributed by atoms with Crippen LogP contribution in [0, 0.1) is 5.82 Å². The summed E-state index contributed by atoms with van der Waals surface area (Å²) >= 11 is 3.00. The second-order valence-corrected chi connectivity index (χ2v) is 3.59. The van der Waals surface area contributed by atoms with Crippen molar-refractivity contribution in [3.05, 3.63) is 34.1 Å². The van der Waals surface area contributed by atoms with Crippen LogP contribution in [0.2, 0.25) is 0 Å². The summed E-state index contributed by atoms with van der Waals surface area (Å²) in [4.78, 5) is 11.3. The van der Waals surface area contributed by atoms with Crippen LogP contribution in [0.1, 0.15) is 23.7 Å². The van der Waals surface area contributed by atoms with Gasteiger partial charge >= 0.3 is 5.97 Å². The highest BCUT2D eigenvalue weighted by Crippen LogP contribution is 2.19. The zero-order valence-electron chi connectivity index (χ0n) is 7.72. The second kappa shape index (κ2) is 5.10. The summed E-state index contributed by atoms with van der Waals surface area (Å²) in [6, 6.07) is 4.53. The van der Waals surface area contributed by atoms with Gasteiger partial charge in [0.1, 0.15) is 0 Å². The van der Waals surface area contributed by atoms with Crippen LogP contribution in [-0.4, -0.2) is 12.6 Å². The first-order valence-corrected chi connectivity index (χ1v) is 5.07. The lowest BCUT2D eigenvalue weighted by Gasteiger charge is -2.04. The van der Waals surface area contributed by atoms with E-state index < -0.39 is 11.8 Å². The lowest BCUT2D eigenvalue weighted by molar-refractivity contribution is 0.0499. The van der Waals surface area contributed by atoms with Crippen LogP contribution in [0.4, 0.5) is 4.39 Å². The first-order chi connectivity index (χ1) is 6.66. The standard InChI is InChI=1S/C10H10BrFO2/c1-2-6-14-10(13)7-4-3-5-8(11)9(7)12/h3-5H,2,6H2,1H3. The molecule has 0 saturated carbocycles. The highest BCUT2D eigenvalue weighted by Gasteiger charge is 2.14. The Morgan fingerprint density at radius 3 is 2.93 bits per heavy atom. The molecule has 0 fully saturated rings.